The molecule has 6 nitrogen and oxygen atoms in total. The van der Waals surface area contributed by atoms with E-state index in [0.717, 1.165) is 11.1 Å². The van der Waals surface area contributed by atoms with Crippen LogP contribution in [0.5, 0.6) is 0 Å². The summed E-state index contributed by atoms with van der Waals surface area (Å²) in [7, 11) is -3.97. The lowest BCUT2D eigenvalue weighted by molar-refractivity contribution is -0.121. The molecule has 0 fully saturated rings. The highest BCUT2D eigenvalue weighted by Gasteiger charge is 2.29. The van der Waals surface area contributed by atoms with E-state index in [9.17, 15) is 17.6 Å². The number of aryl methyl sites for hydroxylation is 3. The molecule has 1 N–H and O–H groups in total. The van der Waals surface area contributed by atoms with Gasteiger partial charge >= 0.3 is 0 Å². The lowest BCUT2D eigenvalue weighted by Gasteiger charge is -2.24. The molecule has 1 amide bonds. The first-order chi connectivity index (χ1) is 16.2. The van der Waals surface area contributed by atoms with Crippen molar-refractivity contribution in [3.05, 3.63) is 100 Å². The monoisotopic (exact) mass is 481 g/mol. The van der Waals surface area contributed by atoms with Gasteiger partial charge < -0.3 is 0 Å². The van der Waals surface area contributed by atoms with Gasteiger partial charge in [-0.15, -0.1) is 0 Å². The number of benzene rings is 3. The molecule has 0 radical (unpaired) electrons. The first-order valence-electron chi connectivity index (χ1n) is 10.9. The van der Waals surface area contributed by atoms with Gasteiger partial charge in [-0.3, -0.25) is 4.79 Å². The van der Waals surface area contributed by atoms with E-state index < -0.39 is 28.3 Å². The van der Waals surface area contributed by atoms with E-state index in [2.05, 4.69) is 10.5 Å². The number of amides is 1. The van der Waals surface area contributed by atoms with Gasteiger partial charge in [0.05, 0.1) is 17.7 Å². The number of hydrazone groups is 1. The predicted octanol–water partition coefficient (Wildman–Crippen LogP) is 4.13. The van der Waals surface area contributed by atoms with Gasteiger partial charge in [0.1, 0.15) is 5.82 Å². The second-order valence-electron chi connectivity index (χ2n) is 8.12. The molecular formula is C26H28FN3O3S. The number of nitrogens with zero attached hydrogens (tertiary/aromatic N) is 2. The van der Waals surface area contributed by atoms with Crippen molar-refractivity contribution in [3.8, 4) is 0 Å². The Hall–Kier alpha value is -3.36. The molecular weight excluding hydrogens is 453 g/mol. The molecule has 3 aromatic rings. The maximum Gasteiger partial charge on any atom is 0.255 e. The van der Waals surface area contributed by atoms with Crippen molar-refractivity contribution in [1.82, 2.24) is 9.73 Å². The highest BCUT2D eigenvalue weighted by molar-refractivity contribution is 7.89. The molecule has 0 saturated carbocycles. The number of rotatable bonds is 9. The fourth-order valence-electron chi connectivity index (χ4n) is 3.83. The van der Waals surface area contributed by atoms with Crippen LogP contribution in [0.2, 0.25) is 0 Å². The van der Waals surface area contributed by atoms with E-state index in [4.69, 9.17) is 0 Å². The Labute approximate surface area is 200 Å². The van der Waals surface area contributed by atoms with Crippen LogP contribution in [0.15, 0.2) is 76.7 Å². The van der Waals surface area contributed by atoms with Crippen LogP contribution in [0.3, 0.4) is 0 Å². The van der Waals surface area contributed by atoms with Gasteiger partial charge in [-0.05, 0) is 49.9 Å². The highest BCUT2D eigenvalue weighted by atomic mass is 32.2. The Balaban J connectivity index is 1.83. The van der Waals surface area contributed by atoms with E-state index in [1.54, 1.807) is 26.0 Å². The zero-order valence-electron chi connectivity index (χ0n) is 19.5. The van der Waals surface area contributed by atoms with E-state index in [1.807, 2.05) is 49.4 Å². The van der Waals surface area contributed by atoms with Gasteiger partial charge in [0.2, 0.25) is 10.0 Å². The summed E-state index contributed by atoms with van der Waals surface area (Å²) in [5.41, 5.74) is 5.69. The molecule has 0 aliphatic rings. The molecule has 0 saturated heterocycles. The molecule has 0 bridgehead atoms. The van der Waals surface area contributed by atoms with E-state index >= 15 is 0 Å². The molecule has 0 aliphatic carbocycles. The van der Waals surface area contributed by atoms with E-state index in [-0.39, 0.29) is 17.0 Å². The number of sulfonamides is 1. The third-order valence-electron chi connectivity index (χ3n) is 5.31. The summed E-state index contributed by atoms with van der Waals surface area (Å²) in [4.78, 5) is 12.8. The molecule has 0 aliphatic heterocycles. The van der Waals surface area contributed by atoms with E-state index in [1.165, 1.54) is 22.7 Å². The summed E-state index contributed by atoms with van der Waals surface area (Å²) in [6.45, 7) is 5.10. The van der Waals surface area contributed by atoms with Gasteiger partial charge in [-0.1, -0.05) is 66.2 Å². The van der Waals surface area contributed by atoms with Crippen LogP contribution in [0.4, 0.5) is 4.39 Å². The van der Waals surface area contributed by atoms with Crippen molar-refractivity contribution < 1.29 is 17.6 Å². The zero-order chi connectivity index (χ0) is 24.7. The smallest absolute Gasteiger partial charge is 0.255 e. The Bertz CT molecular complexity index is 1270. The van der Waals surface area contributed by atoms with Crippen molar-refractivity contribution in [2.75, 3.05) is 13.1 Å². The molecule has 0 spiro atoms. The highest BCUT2D eigenvalue weighted by Crippen LogP contribution is 2.25. The van der Waals surface area contributed by atoms with Gasteiger partial charge in [-0.25, -0.2) is 18.2 Å². The largest absolute Gasteiger partial charge is 0.272 e. The summed E-state index contributed by atoms with van der Waals surface area (Å²) in [5.74, 6) is -1.09. The SMILES string of the molecule is Cc1cc(C)c(S(=O)(=O)N(CCc2ccccc2)CC(=O)N/N=C/c2ccccc2F)c(C)c1. The van der Waals surface area contributed by atoms with Crippen molar-refractivity contribution in [2.24, 2.45) is 5.10 Å². The average Bonchev–Trinajstić information content (AvgIpc) is 2.77. The van der Waals surface area contributed by atoms with Crippen LogP contribution in [-0.4, -0.2) is 37.9 Å². The molecule has 8 heteroatoms. The van der Waals surface area contributed by atoms with Crippen LogP contribution in [0, 0.1) is 26.6 Å². The number of carbonyl (C=O) groups excluding carboxylic acids is 1. The maximum absolute atomic E-state index is 13.7. The second kappa shape index (κ2) is 11.2. The minimum atomic E-state index is -3.97. The standard InChI is InChI=1S/C26H28FN3O3S/c1-19-15-20(2)26(21(3)16-19)34(32,33)30(14-13-22-9-5-4-6-10-22)18-25(31)29-28-17-23-11-7-8-12-24(23)27/h4-12,15-17H,13-14,18H2,1-3H3,(H,29,31)/b28-17+. The summed E-state index contributed by atoms with van der Waals surface area (Å²) < 4.78 is 42.2. The van der Waals surface area contributed by atoms with Crippen molar-refractivity contribution in [2.45, 2.75) is 32.1 Å². The zero-order valence-corrected chi connectivity index (χ0v) is 20.3. The van der Waals surface area contributed by atoms with Crippen LogP contribution in [0.1, 0.15) is 27.8 Å². The Morgan fingerprint density at radius 3 is 2.26 bits per heavy atom. The normalized spacial score (nSPS) is 11.8. The van der Waals surface area contributed by atoms with Crippen LogP contribution in [0.25, 0.3) is 0 Å². The first kappa shape index (κ1) is 25.3. The first-order valence-corrected chi connectivity index (χ1v) is 12.3. The van der Waals surface area contributed by atoms with Gasteiger partial charge in [0.25, 0.3) is 5.91 Å². The average molecular weight is 482 g/mol. The Morgan fingerprint density at radius 1 is 1.00 bits per heavy atom. The fourth-order valence-corrected chi connectivity index (χ4v) is 5.64. The summed E-state index contributed by atoms with van der Waals surface area (Å²) in [5, 5.41) is 3.79. The molecule has 178 valence electrons. The summed E-state index contributed by atoms with van der Waals surface area (Å²) in [6.07, 6.45) is 1.63. The third kappa shape index (κ3) is 6.36. The van der Waals surface area contributed by atoms with Gasteiger partial charge in [0, 0.05) is 12.1 Å². The number of halogens is 1. The number of hydrogen-bond acceptors (Lipinski definition) is 4. The quantitative estimate of drug-likeness (QED) is 0.369. The minimum absolute atomic E-state index is 0.115. The third-order valence-corrected chi connectivity index (χ3v) is 7.46. The maximum atomic E-state index is 13.7. The van der Waals surface area contributed by atoms with Gasteiger partial charge in [-0.2, -0.15) is 9.41 Å². The molecule has 0 atom stereocenters. The Morgan fingerprint density at radius 2 is 1.62 bits per heavy atom. The predicted molar refractivity (Wildman–Crippen MR) is 132 cm³/mol. The van der Waals surface area contributed by atoms with Crippen LogP contribution >= 0.6 is 0 Å². The fraction of sp³-hybridized carbons (Fsp3) is 0.231. The van der Waals surface area contributed by atoms with Crippen LogP contribution < -0.4 is 5.43 Å². The second-order valence-corrected chi connectivity index (χ2v) is 9.99. The lowest BCUT2D eigenvalue weighted by Crippen LogP contribution is -2.41. The molecule has 0 aromatic heterocycles. The molecule has 0 unspecified atom stereocenters. The number of carbonyl (C=O) groups is 1. The minimum Gasteiger partial charge on any atom is -0.272 e. The Kier molecular flexibility index (Phi) is 8.31. The topological polar surface area (TPSA) is 78.8 Å². The van der Waals surface area contributed by atoms with Crippen molar-refractivity contribution >= 4 is 22.1 Å². The van der Waals surface area contributed by atoms with Crippen molar-refractivity contribution in [1.29, 1.82) is 0 Å². The van der Waals surface area contributed by atoms with E-state index in [0.29, 0.717) is 17.5 Å². The lowest BCUT2D eigenvalue weighted by atomic mass is 10.1. The van der Waals surface area contributed by atoms with Crippen LogP contribution in [-0.2, 0) is 21.2 Å². The summed E-state index contributed by atoms with van der Waals surface area (Å²) >= 11 is 0. The number of hydrogen-bond donors (Lipinski definition) is 1. The molecule has 0 heterocycles. The summed E-state index contributed by atoms with van der Waals surface area (Å²) in [6, 6.07) is 19.1. The molecule has 34 heavy (non-hydrogen) atoms. The molecule has 3 aromatic carbocycles. The molecule has 3 rings (SSSR count). The number of nitrogens with one attached hydrogen (secondary N) is 1. The van der Waals surface area contributed by atoms with Gasteiger partial charge in [0.15, 0.2) is 0 Å². The van der Waals surface area contributed by atoms with Crippen molar-refractivity contribution in [3.63, 3.8) is 0 Å².